The summed E-state index contributed by atoms with van der Waals surface area (Å²) in [6.45, 7) is 0. The molecule has 108 valence electrons. The van der Waals surface area contributed by atoms with Crippen molar-refractivity contribution in [3.05, 3.63) is 42.0 Å². The highest BCUT2D eigenvalue weighted by Gasteiger charge is 2.18. The number of carbonyl (C=O) groups is 1. The topological polar surface area (TPSA) is 61.5 Å². The Labute approximate surface area is 124 Å². The maximum Gasteiger partial charge on any atom is 0.307 e. The van der Waals surface area contributed by atoms with Gasteiger partial charge < -0.3 is 15.2 Å². The Balaban J connectivity index is 0.00000200. The minimum absolute atomic E-state index is 0. The number of rotatable bonds is 4. The number of esters is 1. The molecule has 2 rings (SSSR count). The Morgan fingerprint density at radius 3 is 2.55 bits per heavy atom. The Morgan fingerprint density at radius 2 is 1.90 bits per heavy atom. The molecule has 0 fully saturated rings. The molecule has 0 spiro atoms. The summed E-state index contributed by atoms with van der Waals surface area (Å²) in [6.07, 6.45) is 0.126. The van der Waals surface area contributed by atoms with Gasteiger partial charge in [0.1, 0.15) is 5.75 Å². The van der Waals surface area contributed by atoms with Crippen molar-refractivity contribution in [2.24, 2.45) is 5.73 Å². The van der Waals surface area contributed by atoms with Gasteiger partial charge in [-0.3, -0.25) is 4.79 Å². The molecule has 0 aliphatic rings. The predicted octanol–water partition coefficient (Wildman–Crippen LogP) is 2.83. The van der Waals surface area contributed by atoms with E-state index in [2.05, 4.69) is 4.74 Å². The van der Waals surface area contributed by atoms with Gasteiger partial charge in [-0.2, -0.15) is 0 Å². The zero-order chi connectivity index (χ0) is 13.8. The van der Waals surface area contributed by atoms with E-state index in [0.29, 0.717) is 5.75 Å². The Kier molecular flexibility index (Phi) is 5.80. The van der Waals surface area contributed by atoms with E-state index < -0.39 is 6.04 Å². The fourth-order valence-electron chi connectivity index (χ4n) is 2.20. The van der Waals surface area contributed by atoms with Crippen LogP contribution < -0.4 is 10.5 Å². The van der Waals surface area contributed by atoms with Gasteiger partial charge in [-0.1, -0.05) is 30.3 Å². The summed E-state index contributed by atoms with van der Waals surface area (Å²) in [4.78, 5) is 11.4. The van der Waals surface area contributed by atoms with Crippen LogP contribution in [-0.2, 0) is 9.53 Å². The molecule has 4 nitrogen and oxygen atoms in total. The van der Waals surface area contributed by atoms with E-state index in [1.165, 1.54) is 7.11 Å². The molecule has 5 heteroatoms. The SMILES string of the molecule is COC(=O)C[C@H](N)c1c(OC)ccc2ccccc12.Cl. The van der Waals surface area contributed by atoms with Crippen LogP contribution >= 0.6 is 12.4 Å². The lowest BCUT2D eigenvalue weighted by molar-refractivity contribution is -0.141. The average Bonchev–Trinajstić information content (AvgIpc) is 2.45. The number of benzene rings is 2. The molecule has 0 saturated carbocycles. The molecule has 2 N–H and O–H groups in total. The monoisotopic (exact) mass is 295 g/mol. The molecule has 0 radical (unpaired) electrons. The first-order chi connectivity index (χ1) is 9.17. The Bertz CT molecular complexity index is 601. The molecule has 0 bridgehead atoms. The molecule has 0 saturated heterocycles. The number of carbonyl (C=O) groups excluding carboxylic acids is 1. The summed E-state index contributed by atoms with van der Waals surface area (Å²) in [7, 11) is 2.95. The Morgan fingerprint density at radius 1 is 1.20 bits per heavy atom. The van der Waals surface area contributed by atoms with Gasteiger partial charge in [-0.15, -0.1) is 12.4 Å². The molecule has 0 aliphatic carbocycles. The average molecular weight is 296 g/mol. The quantitative estimate of drug-likeness (QED) is 0.881. The zero-order valence-electron chi connectivity index (χ0n) is 11.5. The molecule has 0 unspecified atom stereocenters. The number of fused-ring (bicyclic) bond motifs is 1. The van der Waals surface area contributed by atoms with Crippen LogP contribution in [0, 0.1) is 0 Å². The van der Waals surface area contributed by atoms with Gasteiger partial charge in [-0.05, 0) is 16.8 Å². The number of ether oxygens (including phenoxy) is 2. The van der Waals surface area contributed by atoms with Crippen LogP contribution in [0.5, 0.6) is 5.75 Å². The molecule has 0 amide bonds. The number of nitrogens with two attached hydrogens (primary N) is 1. The second-order valence-electron chi connectivity index (χ2n) is 4.29. The van der Waals surface area contributed by atoms with Crippen molar-refractivity contribution in [3.8, 4) is 5.75 Å². The van der Waals surface area contributed by atoms with Crippen LogP contribution in [0.4, 0.5) is 0 Å². The first kappa shape index (κ1) is 16.3. The third-order valence-corrected chi connectivity index (χ3v) is 3.14. The van der Waals surface area contributed by atoms with Gasteiger partial charge in [0.2, 0.25) is 0 Å². The summed E-state index contributed by atoms with van der Waals surface area (Å²) in [6, 6.07) is 11.3. The molecular weight excluding hydrogens is 278 g/mol. The molecule has 1 atom stereocenters. The van der Waals surface area contributed by atoms with Crippen molar-refractivity contribution in [1.29, 1.82) is 0 Å². The van der Waals surface area contributed by atoms with E-state index in [9.17, 15) is 4.79 Å². The van der Waals surface area contributed by atoms with Gasteiger partial charge in [0.05, 0.1) is 20.6 Å². The first-order valence-corrected chi connectivity index (χ1v) is 6.05. The van der Waals surface area contributed by atoms with Crippen molar-refractivity contribution >= 4 is 29.1 Å². The smallest absolute Gasteiger partial charge is 0.307 e. The molecular formula is C15H18ClNO3. The summed E-state index contributed by atoms with van der Waals surface area (Å²) in [5, 5.41) is 2.07. The van der Waals surface area contributed by atoms with Crippen LogP contribution in [0.15, 0.2) is 36.4 Å². The van der Waals surface area contributed by atoms with Crippen LogP contribution in [-0.4, -0.2) is 20.2 Å². The lowest BCUT2D eigenvalue weighted by atomic mass is 9.96. The number of halogens is 1. The second kappa shape index (κ2) is 7.12. The number of hydrogen-bond donors (Lipinski definition) is 1. The normalized spacial score (nSPS) is 11.6. The minimum Gasteiger partial charge on any atom is -0.496 e. The van der Waals surface area contributed by atoms with Crippen LogP contribution in [0.3, 0.4) is 0 Å². The van der Waals surface area contributed by atoms with Gasteiger partial charge in [0, 0.05) is 11.6 Å². The van der Waals surface area contributed by atoms with Crippen LogP contribution in [0.25, 0.3) is 10.8 Å². The third-order valence-electron chi connectivity index (χ3n) is 3.14. The highest BCUT2D eigenvalue weighted by atomic mass is 35.5. The van der Waals surface area contributed by atoms with Gasteiger partial charge in [0.15, 0.2) is 0 Å². The third kappa shape index (κ3) is 3.21. The molecule has 0 aromatic heterocycles. The Hall–Kier alpha value is -1.78. The van der Waals surface area contributed by atoms with Gasteiger partial charge >= 0.3 is 5.97 Å². The standard InChI is InChI=1S/C15H17NO3.ClH/c1-18-13-8-7-10-5-3-4-6-11(10)15(13)12(16)9-14(17)19-2;/h3-8,12H,9,16H2,1-2H3;1H/t12-;/m0./s1. The fourth-order valence-corrected chi connectivity index (χ4v) is 2.20. The van der Waals surface area contributed by atoms with Crippen molar-refractivity contribution in [1.82, 2.24) is 0 Å². The van der Waals surface area contributed by atoms with E-state index in [-0.39, 0.29) is 24.8 Å². The van der Waals surface area contributed by atoms with Crippen molar-refractivity contribution in [2.75, 3.05) is 14.2 Å². The summed E-state index contributed by atoms with van der Waals surface area (Å²) < 4.78 is 10.0. The van der Waals surface area contributed by atoms with E-state index in [0.717, 1.165) is 16.3 Å². The zero-order valence-corrected chi connectivity index (χ0v) is 12.3. The highest BCUT2D eigenvalue weighted by molar-refractivity contribution is 5.88. The number of hydrogen-bond acceptors (Lipinski definition) is 4. The van der Waals surface area contributed by atoms with Gasteiger partial charge in [0.25, 0.3) is 0 Å². The van der Waals surface area contributed by atoms with E-state index in [4.69, 9.17) is 10.5 Å². The van der Waals surface area contributed by atoms with E-state index in [1.807, 2.05) is 36.4 Å². The highest BCUT2D eigenvalue weighted by Crippen LogP contribution is 2.33. The molecule has 2 aromatic rings. The van der Waals surface area contributed by atoms with Gasteiger partial charge in [-0.25, -0.2) is 0 Å². The maximum absolute atomic E-state index is 11.4. The van der Waals surface area contributed by atoms with E-state index in [1.54, 1.807) is 7.11 Å². The first-order valence-electron chi connectivity index (χ1n) is 6.05. The molecule has 2 aromatic carbocycles. The van der Waals surface area contributed by atoms with E-state index >= 15 is 0 Å². The van der Waals surface area contributed by atoms with Crippen LogP contribution in [0.2, 0.25) is 0 Å². The lowest BCUT2D eigenvalue weighted by Crippen LogP contribution is -2.17. The summed E-state index contributed by atoms with van der Waals surface area (Å²) in [5.74, 6) is 0.359. The summed E-state index contributed by atoms with van der Waals surface area (Å²) in [5.41, 5.74) is 6.97. The van der Waals surface area contributed by atoms with Crippen LogP contribution in [0.1, 0.15) is 18.0 Å². The number of methoxy groups -OCH3 is 2. The molecule has 0 heterocycles. The van der Waals surface area contributed by atoms with Crippen molar-refractivity contribution in [3.63, 3.8) is 0 Å². The molecule has 0 aliphatic heterocycles. The predicted molar refractivity (Wildman–Crippen MR) is 81.3 cm³/mol. The largest absolute Gasteiger partial charge is 0.496 e. The van der Waals surface area contributed by atoms with Crippen molar-refractivity contribution in [2.45, 2.75) is 12.5 Å². The fraction of sp³-hybridized carbons (Fsp3) is 0.267. The maximum atomic E-state index is 11.4. The molecule has 20 heavy (non-hydrogen) atoms. The minimum atomic E-state index is -0.450. The lowest BCUT2D eigenvalue weighted by Gasteiger charge is -2.17. The summed E-state index contributed by atoms with van der Waals surface area (Å²) >= 11 is 0. The second-order valence-corrected chi connectivity index (χ2v) is 4.29. The van der Waals surface area contributed by atoms with Crippen molar-refractivity contribution < 1.29 is 14.3 Å².